The third-order valence-corrected chi connectivity index (χ3v) is 20.3. The van der Waals surface area contributed by atoms with Gasteiger partial charge in [-0.1, -0.05) is 356 Å². The van der Waals surface area contributed by atoms with Crippen molar-refractivity contribution < 1.29 is 80.2 Å². The van der Waals surface area contributed by atoms with Gasteiger partial charge in [-0.15, -0.1) is 0 Å². The number of hydrogen-bond donors (Lipinski definition) is 3. The van der Waals surface area contributed by atoms with Crippen LogP contribution in [0.25, 0.3) is 0 Å². The van der Waals surface area contributed by atoms with Gasteiger partial charge in [-0.3, -0.25) is 37.3 Å². The normalized spacial score (nSPS) is 14.2. The van der Waals surface area contributed by atoms with Crippen molar-refractivity contribution in [3.05, 3.63) is 0 Å². The maximum atomic E-state index is 13.1. The van der Waals surface area contributed by atoms with Crippen LogP contribution in [0.15, 0.2) is 0 Å². The molecule has 0 aliphatic heterocycles. The number of carbonyl (C=O) groups is 4. The quantitative estimate of drug-likeness (QED) is 0.0222. The first-order valence-corrected chi connectivity index (χ1v) is 43.2. The smallest absolute Gasteiger partial charge is 0.462 e. The van der Waals surface area contributed by atoms with Gasteiger partial charge in [0, 0.05) is 25.7 Å². The lowest BCUT2D eigenvalue weighted by atomic mass is 9.99. The molecule has 0 heterocycles. The van der Waals surface area contributed by atoms with E-state index in [1.807, 2.05) is 0 Å². The highest BCUT2D eigenvalue weighted by Gasteiger charge is 2.30. The Balaban J connectivity index is 5.22. The van der Waals surface area contributed by atoms with Crippen LogP contribution < -0.4 is 0 Å². The van der Waals surface area contributed by atoms with Crippen LogP contribution in [0.2, 0.25) is 0 Å². The average molecular weight is 1410 g/mol. The molecule has 0 rings (SSSR count). The van der Waals surface area contributed by atoms with Gasteiger partial charge in [0.05, 0.1) is 26.4 Å². The minimum absolute atomic E-state index is 0.108. The predicted octanol–water partition coefficient (Wildman–Crippen LogP) is 22.9. The summed E-state index contributed by atoms with van der Waals surface area (Å²) in [6, 6.07) is 0. The van der Waals surface area contributed by atoms with E-state index in [1.165, 1.54) is 231 Å². The van der Waals surface area contributed by atoms with E-state index >= 15 is 0 Å². The van der Waals surface area contributed by atoms with E-state index in [2.05, 4.69) is 34.6 Å². The van der Waals surface area contributed by atoms with Crippen molar-refractivity contribution in [2.75, 3.05) is 39.6 Å². The second-order valence-corrected chi connectivity index (χ2v) is 30.9. The Labute approximate surface area is 588 Å². The first kappa shape index (κ1) is 94.1. The number of carbonyl (C=O) groups excluding carboxylic acids is 4. The van der Waals surface area contributed by atoms with E-state index < -0.39 is 97.5 Å². The highest BCUT2D eigenvalue weighted by atomic mass is 31.2. The number of phosphoric ester groups is 2. The standard InChI is InChI=1S/C77H150O17P2/c1-6-10-13-16-19-22-24-26-28-29-30-31-32-34-36-43-48-53-58-63-77(82)94-73(67-88-75(80)61-56-51-46-41-38-37-40-44-49-54-59-70(5)9-4)69-92-96(85,86)90-65-71(78)64-89-95(83,84)91-68-72(66-87-74(79)60-55-50-45-39-21-18-15-12-8-3)93-76(81)62-57-52-47-42-35-33-27-25-23-20-17-14-11-7-2/h70-73,78H,6-69H2,1-5H3,(H,83,84)(H,85,86)/t70?,71-,72+,73+/m0/s1. The van der Waals surface area contributed by atoms with Crippen molar-refractivity contribution in [3.8, 4) is 0 Å². The van der Waals surface area contributed by atoms with Crippen LogP contribution >= 0.6 is 15.6 Å². The lowest BCUT2D eigenvalue weighted by Crippen LogP contribution is -2.30. The van der Waals surface area contributed by atoms with E-state index in [1.54, 1.807) is 0 Å². The molecule has 17 nitrogen and oxygen atoms in total. The van der Waals surface area contributed by atoms with Gasteiger partial charge in [0.15, 0.2) is 12.2 Å². The fraction of sp³-hybridized carbons (Fsp3) is 0.948. The number of esters is 4. The summed E-state index contributed by atoms with van der Waals surface area (Å²) in [6.07, 6.45) is 59.5. The van der Waals surface area contributed by atoms with E-state index in [0.29, 0.717) is 25.7 Å². The molecule has 0 fully saturated rings. The Morgan fingerprint density at radius 1 is 0.292 bits per heavy atom. The van der Waals surface area contributed by atoms with Crippen LogP contribution in [0.5, 0.6) is 0 Å². The first-order chi connectivity index (χ1) is 46.6. The number of hydrogen-bond acceptors (Lipinski definition) is 15. The van der Waals surface area contributed by atoms with Crippen molar-refractivity contribution in [2.24, 2.45) is 5.92 Å². The molecule has 3 N–H and O–H groups in total. The number of aliphatic hydroxyl groups is 1. The number of rotatable bonds is 77. The largest absolute Gasteiger partial charge is 0.472 e. The van der Waals surface area contributed by atoms with Gasteiger partial charge < -0.3 is 33.8 Å². The van der Waals surface area contributed by atoms with Crippen molar-refractivity contribution in [1.82, 2.24) is 0 Å². The number of phosphoric acid groups is 2. The van der Waals surface area contributed by atoms with Gasteiger partial charge in [-0.05, 0) is 31.6 Å². The fourth-order valence-electron chi connectivity index (χ4n) is 11.8. The SMILES string of the molecule is CCCCCCCCCCCCCCCCCCCCCC(=O)O[C@H](COC(=O)CCCCCCCCCCCCC(C)CC)COP(=O)(O)OC[C@@H](O)COP(=O)(O)OC[C@@H](COC(=O)CCCCCCCCCCC)OC(=O)CCCCCCCCCCCCCCCC. The zero-order valence-electron chi connectivity index (χ0n) is 62.5. The molecule has 0 aromatic heterocycles. The van der Waals surface area contributed by atoms with Crippen molar-refractivity contribution in [3.63, 3.8) is 0 Å². The summed E-state index contributed by atoms with van der Waals surface area (Å²) in [7, 11) is -9.91. The molecule has 0 amide bonds. The Bertz CT molecular complexity index is 1840. The number of unbranched alkanes of at least 4 members (excludes halogenated alkanes) is 48. The van der Waals surface area contributed by atoms with Gasteiger partial charge in [0.2, 0.25) is 0 Å². The third kappa shape index (κ3) is 69.2. The van der Waals surface area contributed by atoms with Crippen LogP contribution in [0.3, 0.4) is 0 Å². The monoisotopic (exact) mass is 1410 g/mol. The minimum Gasteiger partial charge on any atom is -0.462 e. The van der Waals surface area contributed by atoms with Crippen LogP contribution in [0.1, 0.15) is 407 Å². The fourth-order valence-corrected chi connectivity index (χ4v) is 13.4. The molecular formula is C77H150O17P2. The molecule has 0 aromatic carbocycles. The highest BCUT2D eigenvalue weighted by Crippen LogP contribution is 2.45. The van der Waals surface area contributed by atoms with Crippen molar-refractivity contribution in [1.29, 1.82) is 0 Å². The van der Waals surface area contributed by atoms with Crippen LogP contribution in [0.4, 0.5) is 0 Å². The van der Waals surface area contributed by atoms with Gasteiger partial charge >= 0.3 is 39.5 Å². The van der Waals surface area contributed by atoms with Gasteiger partial charge in [0.1, 0.15) is 19.3 Å². The third-order valence-electron chi connectivity index (χ3n) is 18.4. The first-order valence-electron chi connectivity index (χ1n) is 40.2. The van der Waals surface area contributed by atoms with Crippen molar-refractivity contribution >= 4 is 39.5 Å². The molecule has 19 heteroatoms. The van der Waals surface area contributed by atoms with Gasteiger partial charge in [-0.25, -0.2) is 9.13 Å². The molecule has 0 spiro atoms. The van der Waals surface area contributed by atoms with Crippen LogP contribution in [0, 0.1) is 5.92 Å². The van der Waals surface area contributed by atoms with E-state index in [9.17, 15) is 43.2 Å². The molecule has 6 atom stereocenters. The molecule has 0 aliphatic carbocycles. The Hall–Kier alpha value is -1.94. The summed E-state index contributed by atoms with van der Waals surface area (Å²) >= 11 is 0. The Kier molecular flexibility index (Phi) is 68.7. The molecule has 96 heavy (non-hydrogen) atoms. The lowest BCUT2D eigenvalue weighted by Gasteiger charge is -2.21. The van der Waals surface area contributed by atoms with Gasteiger partial charge in [0.25, 0.3) is 0 Å². The Morgan fingerprint density at radius 3 is 0.740 bits per heavy atom. The zero-order valence-corrected chi connectivity index (χ0v) is 64.3. The minimum atomic E-state index is -4.96. The molecule has 0 saturated carbocycles. The summed E-state index contributed by atoms with van der Waals surface area (Å²) in [5.41, 5.74) is 0. The second-order valence-electron chi connectivity index (χ2n) is 28.0. The highest BCUT2D eigenvalue weighted by molar-refractivity contribution is 7.47. The van der Waals surface area contributed by atoms with E-state index in [-0.39, 0.29) is 25.7 Å². The molecule has 0 radical (unpaired) electrons. The predicted molar refractivity (Wildman–Crippen MR) is 391 cm³/mol. The lowest BCUT2D eigenvalue weighted by molar-refractivity contribution is -0.161. The molecule has 0 aliphatic rings. The molecule has 0 bridgehead atoms. The van der Waals surface area contributed by atoms with Crippen LogP contribution in [-0.2, 0) is 65.4 Å². The number of ether oxygens (including phenoxy) is 4. The van der Waals surface area contributed by atoms with Gasteiger partial charge in [-0.2, -0.15) is 0 Å². The molecule has 0 aromatic rings. The van der Waals surface area contributed by atoms with E-state index in [0.717, 1.165) is 95.8 Å². The molecule has 0 saturated heterocycles. The summed E-state index contributed by atoms with van der Waals surface area (Å²) in [5, 5.41) is 10.6. The maximum absolute atomic E-state index is 13.1. The maximum Gasteiger partial charge on any atom is 0.472 e. The summed E-state index contributed by atoms with van der Waals surface area (Å²) < 4.78 is 68.5. The second kappa shape index (κ2) is 70.1. The van der Waals surface area contributed by atoms with E-state index in [4.69, 9.17) is 37.0 Å². The average Bonchev–Trinajstić information content (AvgIpc) is 1.70. The zero-order chi connectivity index (χ0) is 70.5. The summed E-state index contributed by atoms with van der Waals surface area (Å²) in [4.78, 5) is 72.8. The van der Waals surface area contributed by atoms with Crippen molar-refractivity contribution in [2.45, 2.75) is 425 Å². The van der Waals surface area contributed by atoms with Crippen LogP contribution in [-0.4, -0.2) is 96.7 Å². The number of aliphatic hydroxyl groups excluding tert-OH is 1. The molecule has 3 unspecified atom stereocenters. The summed E-state index contributed by atoms with van der Waals surface area (Å²) in [5.74, 6) is -1.30. The summed E-state index contributed by atoms with van der Waals surface area (Å²) in [6.45, 7) is 7.32. The Morgan fingerprint density at radius 2 is 0.500 bits per heavy atom. The topological polar surface area (TPSA) is 237 Å². The molecule has 570 valence electrons. The molecular weight excluding hydrogens is 1260 g/mol.